The Morgan fingerprint density at radius 3 is 2.72 bits per heavy atom. The fraction of sp³-hybridized carbons (Fsp3) is 0.400. The lowest BCUT2D eigenvalue weighted by molar-refractivity contribution is -0.138. The molecule has 0 saturated carbocycles. The molecule has 29 heavy (non-hydrogen) atoms. The standard InChI is InChI=1S/C20H23FN6O2/c1-25-12-17(11-22-25)27-20(15-3-2-9-26(10-8-15)13-18(28)29)23-19(24-27)14-4-6-16(21)7-5-14/h4-7,11-12,15H,2-3,8-10,13H2,1H3,(H,28,29). The first-order valence-corrected chi connectivity index (χ1v) is 9.65. The number of aromatic nitrogens is 5. The Morgan fingerprint density at radius 2 is 2.03 bits per heavy atom. The molecule has 3 aromatic rings. The average Bonchev–Trinajstić information content (AvgIpc) is 3.24. The van der Waals surface area contributed by atoms with Gasteiger partial charge in [0.15, 0.2) is 5.82 Å². The van der Waals surface area contributed by atoms with Gasteiger partial charge in [-0.3, -0.25) is 14.4 Å². The molecule has 0 bridgehead atoms. The van der Waals surface area contributed by atoms with Crippen LogP contribution in [0.2, 0.25) is 0 Å². The molecule has 8 nitrogen and oxygen atoms in total. The van der Waals surface area contributed by atoms with Crippen molar-refractivity contribution in [2.75, 3.05) is 19.6 Å². The van der Waals surface area contributed by atoms with Crippen molar-refractivity contribution in [2.45, 2.75) is 25.2 Å². The molecule has 0 radical (unpaired) electrons. The van der Waals surface area contributed by atoms with E-state index in [0.717, 1.165) is 42.9 Å². The Kier molecular flexibility index (Phi) is 5.39. The fourth-order valence-electron chi connectivity index (χ4n) is 3.78. The number of nitrogens with zero attached hydrogens (tertiary/aromatic N) is 6. The van der Waals surface area contributed by atoms with Crippen LogP contribution in [0.15, 0.2) is 36.7 Å². The average molecular weight is 398 g/mol. The number of hydrogen-bond acceptors (Lipinski definition) is 5. The predicted octanol–water partition coefficient (Wildman–Crippen LogP) is 2.46. The Balaban J connectivity index is 1.67. The molecular formula is C20H23FN6O2. The van der Waals surface area contributed by atoms with E-state index >= 15 is 0 Å². The van der Waals surface area contributed by atoms with Crippen LogP contribution in [-0.2, 0) is 11.8 Å². The van der Waals surface area contributed by atoms with Crippen molar-refractivity contribution in [1.82, 2.24) is 29.4 Å². The van der Waals surface area contributed by atoms with Crippen LogP contribution in [0.5, 0.6) is 0 Å². The van der Waals surface area contributed by atoms with E-state index in [4.69, 9.17) is 10.1 Å². The minimum absolute atomic E-state index is 0.0584. The number of carboxylic acids is 1. The molecule has 3 heterocycles. The maximum atomic E-state index is 13.3. The summed E-state index contributed by atoms with van der Waals surface area (Å²) in [7, 11) is 1.84. The normalized spacial score (nSPS) is 17.9. The summed E-state index contributed by atoms with van der Waals surface area (Å²) < 4.78 is 16.8. The number of benzene rings is 1. The molecule has 152 valence electrons. The van der Waals surface area contributed by atoms with Gasteiger partial charge in [0.2, 0.25) is 0 Å². The minimum atomic E-state index is -0.805. The zero-order valence-corrected chi connectivity index (χ0v) is 16.2. The van der Waals surface area contributed by atoms with E-state index in [1.807, 2.05) is 22.8 Å². The summed E-state index contributed by atoms with van der Waals surface area (Å²) in [6.45, 7) is 1.51. The first-order valence-electron chi connectivity index (χ1n) is 9.65. The molecule has 0 spiro atoms. The number of halogens is 1. The third-order valence-electron chi connectivity index (χ3n) is 5.22. The Labute approximate surface area is 167 Å². The molecule has 1 atom stereocenters. The van der Waals surface area contributed by atoms with Crippen LogP contribution in [0.3, 0.4) is 0 Å². The molecule has 0 amide bonds. The zero-order chi connectivity index (χ0) is 20.4. The summed E-state index contributed by atoms with van der Waals surface area (Å²) in [6, 6.07) is 6.14. The van der Waals surface area contributed by atoms with Gasteiger partial charge in [0, 0.05) is 18.5 Å². The molecule has 2 aromatic heterocycles. The molecule has 1 fully saturated rings. The van der Waals surface area contributed by atoms with Crippen molar-refractivity contribution in [2.24, 2.45) is 7.05 Å². The highest BCUT2D eigenvalue weighted by Crippen LogP contribution is 2.30. The summed E-state index contributed by atoms with van der Waals surface area (Å²) in [5.74, 6) is 0.407. The zero-order valence-electron chi connectivity index (χ0n) is 16.2. The molecule has 1 unspecified atom stereocenters. The van der Waals surface area contributed by atoms with Crippen LogP contribution in [0, 0.1) is 5.82 Å². The third kappa shape index (κ3) is 4.34. The van der Waals surface area contributed by atoms with Gasteiger partial charge in [-0.05, 0) is 56.6 Å². The van der Waals surface area contributed by atoms with Gasteiger partial charge >= 0.3 is 5.97 Å². The molecule has 1 aliphatic rings. The summed E-state index contributed by atoms with van der Waals surface area (Å²) >= 11 is 0. The maximum Gasteiger partial charge on any atom is 0.317 e. The van der Waals surface area contributed by atoms with Gasteiger partial charge in [0.1, 0.15) is 17.3 Å². The molecule has 1 N–H and O–H groups in total. The maximum absolute atomic E-state index is 13.3. The van der Waals surface area contributed by atoms with Gasteiger partial charge < -0.3 is 5.11 Å². The second kappa shape index (κ2) is 8.12. The van der Waals surface area contributed by atoms with Crippen molar-refractivity contribution in [3.8, 4) is 17.1 Å². The molecule has 4 rings (SSSR count). The summed E-state index contributed by atoms with van der Waals surface area (Å²) in [5.41, 5.74) is 1.56. The lowest BCUT2D eigenvalue weighted by Gasteiger charge is -2.17. The second-order valence-electron chi connectivity index (χ2n) is 7.38. The lowest BCUT2D eigenvalue weighted by atomic mass is 10.00. The van der Waals surface area contributed by atoms with Crippen molar-refractivity contribution >= 4 is 5.97 Å². The Morgan fingerprint density at radius 1 is 1.24 bits per heavy atom. The number of rotatable bonds is 5. The SMILES string of the molecule is Cn1cc(-n2nc(-c3ccc(F)cc3)nc2C2CCCN(CC(=O)O)CC2)cn1. The first-order chi connectivity index (χ1) is 14.0. The third-order valence-corrected chi connectivity index (χ3v) is 5.22. The van der Waals surface area contributed by atoms with Crippen LogP contribution >= 0.6 is 0 Å². The fourth-order valence-corrected chi connectivity index (χ4v) is 3.78. The van der Waals surface area contributed by atoms with E-state index in [9.17, 15) is 9.18 Å². The van der Waals surface area contributed by atoms with Crippen LogP contribution in [0.4, 0.5) is 4.39 Å². The lowest BCUT2D eigenvalue weighted by Crippen LogP contribution is -2.30. The Hall–Kier alpha value is -3.07. The van der Waals surface area contributed by atoms with Crippen LogP contribution in [0.25, 0.3) is 17.1 Å². The first kappa shape index (κ1) is 19.3. The van der Waals surface area contributed by atoms with Gasteiger partial charge in [-0.1, -0.05) is 0 Å². The molecule has 9 heteroatoms. The van der Waals surface area contributed by atoms with Crippen molar-refractivity contribution in [3.05, 3.63) is 48.3 Å². The van der Waals surface area contributed by atoms with Gasteiger partial charge in [0.05, 0.1) is 18.9 Å². The van der Waals surface area contributed by atoms with Crippen LogP contribution < -0.4 is 0 Å². The summed E-state index contributed by atoms with van der Waals surface area (Å²) in [4.78, 5) is 17.8. The van der Waals surface area contributed by atoms with Crippen molar-refractivity contribution < 1.29 is 14.3 Å². The van der Waals surface area contributed by atoms with Crippen LogP contribution in [-0.4, -0.2) is 60.2 Å². The minimum Gasteiger partial charge on any atom is -0.480 e. The Bertz CT molecular complexity index is 997. The second-order valence-corrected chi connectivity index (χ2v) is 7.38. The number of aryl methyl sites for hydroxylation is 1. The summed E-state index contributed by atoms with van der Waals surface area (Å²) in [6.07, 6.45) is 6.21. The van der Waals surface area contributed by atoms with Crippen molar-refractivity contribution in [1.29, 1.82) is 0 Å². The van der Waals surface area contributed by atoms with Crippen LogP contribution in [0.1, 0.15) is 31.0 Å². The highest BCUT2D eigenvalue weighted by Gasteiger charge is 2.26. The van der Waals surface area contributed by atoms with E-state index in [2.05, 4.69) is 10.2 Å². The van der Waals surface area contributed by atoms with E-state index in [1.54, 1.807) is 23.0 Å². The van der Waals surface area contributed by atoms with Gasteiger partial charge in [-0.25, -0.2) is 14.1 Å². The molecule has 0 aliphatic carbocycles. The monoisotopic (exact) mass is 398 g/mol. The molecule has 1 aromatic carbocycles. The summed E-state index contributed by atoms with van der Waals surface area (Å²) in [5, 5.41) is 18.0. The largest absolute Gasteiger partial charge is 0.480 e. The number of carboxylic acid groups (broad SMARTS) is 1. The number of hydrogen-bond donors (Lipinski definition) is 1. The smallest absolute Gasteiger partial charge is 0.317 e. The topological polar surface area (TPSA) is 89.1 Å². The van der Waals surface area contributed by atoms with E-state index in [0.29, 0.717) is 12.4 Å². The highest BCUT2D eigenvalue weighted by atomic mass is 19.1. The van der Waals surface area contributed by atoms with Gasteiger partial charge in [0.25, 0.3) is 0 Å². The van der Waals surface area contributed by atoms with Gasteiger partial charge in [-0.2, -0.15) is 5.10 Å². The van der Waals surface area contributed by atoms with Gasteiger partial charge in [-0.15, -0.1) is 5.10 Å². The van der Waals surface area contributed by atoms with E-state index in [1.165, 1.54) is 12.1 Å². The number of likely N-dealkylation sites (tertiary alicyclic amines) is 1. The molecular weight excluding hydrogens is 375 g/mol. The molecule has 1 aliphatic heterocycles. The predicted molar refractivity (Wildman–Crippen MR) is 104 cm³/mol. The van der Waals surface area contributed by atoms with E-state index < -0.39 is 5.97 Å². The number of carbonyl (C=O) groups is 1. The quantitative estimate of drug-likeness (QED) is 0.710. The highest BCUT2D eigenvalue weighted by molar-refractivity contribution is 5.69. The van der Waals surface area contributed by atoms with Crippen molar-refractivity contribution in [3.63, 3.8) is 0 Å². The van der Waals surface area contributed by atoms with E-state index in [-0.39, 0.29) is 18.3 Å². The number of aliphatic carboxylic acids is 1. The molecule has 1 saturated heterocycles.